The predicted octanol–water partition coefficient (Wildman–Crippen LogP) is 3.13. The van der Waals surface area contributed by atoms with Gasteiger partial charge in [0, 0.05) is 31.4 Å². The van der Waals surface area contributed by atoms with Gasteiger partial charge in [-0.25, -0.2) is 9.59 Å². The molecule has 0 radical (unpaired) electrons. The third-order valence-electron chi connectivity index (χ3n) is 5.50. The van der Waals surface area contributed by atoms with E-state index in [1.54, 1.807) is 4.90 Å². The highest BCUT2D eigenvalue weighted by Gasteiger charge is 2.33. The summed E-state index contributed by atoms with van der Waals surface area (Å²) in [6.07, 6.45) is 0.894. The Hall–Kier alpha value is -3.55. The van der Waals surface area contributed by atoms with Crippen LogP contribution in [-0.2, 0) is 22.5 Å². The molecule has 2 heterocycles. The number of ether oxygens (including phenoxy) is 1. The molecule has 0 bridgehead atoms. The van der Waals surface area contributed by atoms with Gasteiger partial charge in [0.05, 0.1) is 13.1 Å². The molecular weight excluding hydrogens is 396 g/mol. The van der Waals surface area contributed by atoms with E-state index in [-0.39, 0.29) is 18.0 Å². The molecule has 31 heavy (non-hydrogen) atoms. The standard InChI is InChI=1S/C23H26N4O4/c1-16(28)24-13-21-15-27(23(30)31-21)20-10-9-18-14-26(11-5-6-17(18)12-20)22(29)25-19-7-3-2-4-8-19/h2-4,7-10,12,21H,5-6,11,13-15H2,1H3,(H,24,28)(H,25,29). The van der Waals surface area contributed by atoms with Gasteiger partial charge >= 0.3 is 12.1 Å². The molecule has 0 aliphatic carbocycles. The number of benzene rings is 2. The van der Waals surface area contributed by atoms with Gasteiger partial charge < -0.3 is 20.3 Å². The minimum Gasteiger partial charge on any atom is -0.442 e. The van der Waals surface area contributed by atoms with Gasteiger partial charge in [-0.2, -0.15) is 0 Å². The number of cyclic esters (lactones) is 1. The lowest BCUT2D eigenvalue weighted by Crippen LogP contribution is -2.34. The highest BCUT2D eigenvalue weighted by Crippen LogP contribution is 2.27. The number of anilines is 2. The molecule has 1 atom stereocenters. The first-order valence-electron chi connectivity index (χ1n) is 10.4. The normalized spacial score (nSPS) is 18.1. The average Bonchev–Trinajstić information content (AvgIpc) is 2.99. The maximum absolute atomic E-state index is 12.7. The maximum atomic E-state index is 12.7. The first kappa shape index (κ1) is 20.7. The Kier molecular flexibility index (Phi) is 6.06. The van der Waals surface area contributed by atoms with E-state index < -0.39 is 6.09 Å². The van der Waals surface area contributed by atoms with Crippen LogP contribution in [0.1, 0.15) is 24.5 Å². The number of urea groups is 1. The lowest BCUT2D eigenvalue weighted by molar-refractivity contribution is -0.119. The van der Waals surface area contributed by atoms with Crippen LogP contribution in [0.25, 0.3) is 0 Å². The van der Waals surface area contributed by atoms with Crippen LogP contribution in [-0.4, -0.2) is 48.7 Å². The van der Waals surface area contributed by atoms with Crippen molar-refractivity contribution >= 4 is 29.4 Å². The van der Waals surface area contributed by atoms with Crippen molar-refractivity contribution in [3.63, 3.8) is 0 Å². The zero-order chi connectivity index (χ0) is 21.8. The number of fused-ring (bicyclic) bond motifs is 1. The van der Waals surface area contributed by atoms with Crippen molar-refractivity contribution in [1.29, 1.82) is 0 Å². The molecule has 0 saturated carbocycles. The Morgan fingerprint density at radius 3 is 2.71 bits per heavy atom. The third kappa shape index (κ3) is 4.96. The quantitative estimate of drug-likeness (QED) is 0.792. The summed E-state index contributed by atoms with van der Waals surface area (Å²) >= 11 is 0. The van der Waals surface area contributed by atoms with E-state index in [1.165, 1.54) is 6.92 Å². The number of carbonyl (C=O) groups is 3. The predicted molar refractivity (Wildman–Crippen MR) is 117 cm³/mol. The zero-order valence-corrected chi connectivity index (χ0v) is 17.5. The number of amides is 4. The SMILES string of the molecule is CC(=O)NCC1CN(c2ccc3c(c2)CCCN(C(=O)Nc2ccccc2)C3)C(=O)O1. The second-order valence-corrected chi connectivity index (χ2v) is 7.83. The van der Waals surface area contributed by atoms with Crippen molar-refractivity contribution in [1.82, 2.24) is 10.2 Å². The van der Waals surface area contributed by atoms with Crippen molar-refractivity contribution in [3.05, 3.63) is 59.7 Å². The summed E-state index contributed by atoms with van der Waals surface area (Å²) in [6.45, 7) is 3.30. The molecule has 2 aromatic carbocycles. The Morgan fingerprint density at radius 2 is 1.94 bits per heavy atom. The fraction of sp³-hybridized carbons (Fsp3) is 0.348. The molecule has 1 unspecified atom stereocenters. The first-order chi connectivity index (χ1) is 15.0. The Bertz CT molecular complexity index is 979. The van der Waals surface area contributed by atoms with Crippen LogP contribution in [0.5, 0.6) is 0 Å². The summed E-state index contributed by atoms with van der Waals surface area (Å²) in [5, 5.41) is 5.63. The van der Waals surface area contributed by atoms with Crippen LogP contribution in [0.15, 0.2) is 48.5 Å². The van der Waals surface area contributed by atoms with Crippen LogP contribution in [0, 0.1) is 0 Å². The minimum atomic E-state index is -0.409. The summed E-state index contributed by atoms with van der Waals surface area (Å²) in [4.78, 5) is 39.5. The monoisotopic (exact) mass is 422 g/mol. The van der Waals surface area contributed by atoms with Crippen molar-refractivity contribution in [3.8, 4) is 0 Å². The van der Waals surface area contributed by atoms with Crippen LogP contribution < -0.4 is 15.5 Å². The smallest absolute Gasteiger partial charge is 0.414 e. The molecule has 8 heteroatoms. The highest BCUT2D eigenvalue weighted by atomic mass is 16.6. The van der Waals surface area contributed by atoms with Gasteiger partial charge in [0.25, 0.3) is 0 Å². The summed E-state index contributed by atoms with van der Waals surface area (Å²) in [6, 6.07) is 15.2. The lowest BCUT2D eigenvalue weighted by Gasteiger charge is -2.22. The molecule has 2 aromatic rings. The van der Waals surface area contributed by atoms with Crippen LogP contribution in [0.4, 0.5) is 21.0 Å². The number of hydrogen-bond acceptors (Lipinski definition) is 4. The summed E-state index contributed by atoms with van der Waals surface area (Å²) < 4.78 is 5.36. The topological polar surface area (TPSA) is 91.0 Å². The summed E-state index contributed by atoms with van der Waals surface area (Å²) in [5.74, 6) is -0.152. The molecule has 2 aliphatic rings. The number of para-hydroxylation sites is 1. The maximum Gasteiger partial charge on any atom is 0.414 e. The van der Waals surface area contributed by atoms with Crippen LogP contribution in [0.2, 0.25) is 0 Å². The van der Waals surface area contributed by atoms with E-state index in [0.717, 1.165) is 35.3 Å². The average molecular weight is 422 g/mol. The number of nitrogens with one attached hydrogen (secondary N) is 2. The minimum absolute atomic E-state index is 0.118. The third-order valence-corrected chi connectivity index (χ3v) is 5.50. The van der Waals surface area contributed by atoms with Gasteiger partial charge in [-0.1, -0.05) is 24.3 Å². The molecule has 2 N–H and O–H groups in total. The number of rotatable bonds is 4. The van der Waals surface area contributed by atoms with E-state index in [1.807, 2.05) is 53.4 Å². The van der Waals surface area contributed by atoms with Crippen LogP contribution in [0.3, 0.4) is 0 Å². The second-order valence-electron chi connectivity index (χ2n) is 7.83. The fourth-order valence-electron chi connectivity index (χ4n) is 3.91. The van der Waals surface area contributed by atoms with Gasteiger partial charge in [-0.15, -0.1) is 0 Å². The molecule has 162 valence electrons. The van der Waals surface area contributed by atoms with Gasteiger partial charge in [-0.05, 0) is 48.2 Å². The van der Waals surface area contributed by atoms with E-state index in [2.05, 4.69) is 10.6 Å². The second kappa shape index (κ2) is 9.07. The molecule has 8 nitrogen and oxygen atoms in total. The van der Waals surface area contributed by atoms with E-state index in [0.29, 0.717) is 26.2 Å². The fourth-order valence-corrected chi connectivity index (χ4v) is 3.91. The molecule has 0 spiro atoms. The largest absolute Gasteiger partial charge is 0.442 e. The van der Waals surface area contributed by atoms with Crippen molar-refractivity contribution in [2.24, 2.45) is 0 Å². The Labute approximate surface area is 181 Å². The molecule has 2 aliphatic heterocycles. The molecule has 1 fully saturated rings. The van der Waals surface area contributed by atoms with E-state index in [4.69, 9.17) is 4.74 Å². The first-order valence-corrected chi connectivity index (χ1v) is 10.4. The summed E-state index contributed by atoms with van der Waals surface area (Å²) in [5.41, 5.74) is 3.75. The van der Waals surface area contributed by atoms with Gasteiger partial charge in [0.15, 0.2) is 0 Å². The molecular formula is C23H26N4O4. The number of nitrogens with zero attached hydrogens (tertiary/aromatic N) is 2. The lowest BCUT2D eigenvalue weighted by atomic mass is 10.0. The molecule has 0 aromatic heterocycles. The van der Waals surface area contributed by atoms with Gasteiger partial charge in [0.1, 0.15) is 6.10 Å². The number of hydrogen-bond donors (Lipinski definition) is 2. The Morgan fingerprint density at radius 1 is 1.13 bits per heavy atom. The highest BCUT2D eigenvalue weighted by molar-refractivity contribution is 5.90. The summed E-state index contributed by atoms with van der Waals surface area (Å²) in [7, 11) is 0. The molecule has 4 rings (SSSR count). The van der Waals surface area contributed by atoms with E-state index >= 15 is 0 Å². The number of carbonyl (C=O) groups excluding carboxylic acids is 3. The van der Waals surface area contributed by atoms with Crippen molar-refractivity contribution in [2.45, 2.75) is 32.4 Å². The van der Waals surface area contributed by atoms with Gasteiger partial charge in [-0.3, -0.25) is 9.69 Å². The number of aryl methyl sites for hydroxylation is 1. The van der Waals surface area contributed by atoms with Crippen LogP contribution >= 0.6 is 0 Å². The molecule has 4 amide bonds. The van der Waals surface area contributed by atoms with Gasteiger partial charge in [0.2, 0.25) is 5.91 Å². The van der Waals surface area contributed by atoms with E-state index in [9.17, 15) is 14.4 Å². The van der Waals surface area contributed by atoms with Crippen molar-refractivity contribution in [2.75, 3.05) is 29.9 Å². The zero-order valence-electron chi connectivity index (χ0n) is 17.5. The van der Waals surface area contributed by atoms with Crippen molar-refractivity contribution < 1.29 is 19.1 Å². The molecule has 1 saturated heterocycles. The Balaban J connectivity index is 1.43.